The molecule has 5 fully saturated rings. The zero-order chi connectivity index (χ0) is 34.8. The van der Waals surface area contributed by atoms with Gasteiger partial charge in [0.2, 0.25) is 5.91 Å². The Bertz CT molecular complexity index is 1470. The molecular weight excluding hydrogens is 603 g/mol. The smallest absolute Gasteiger partial charge is 0.229 e. The van der Waals surface area contributed by atoms with E-state index in [0.717, 1.165) is 68.6 Å². The Morgan fingerprint density at radius 2 is 1.80 bits per heavy atom. The van der Waals surface area contributed by atoms with Crippen LogP contribution in [-0.4, -0.2) is 38.5 Å². The molecule has 4 saturated carbocycles. The third kappa shape index (κ3) is 5.57. The maximum absolute atomic E-state index is 15.3. The van der Waals surface area contributed by atoms with Crippen molar-refractivity contribution in [2.45, 2.75) is 151 Å². The van der Waals surface area contributed by atoms with Crippen LogP contribution in [0.4, 0.5) is 0 Å². The average molecular weight is 670 g/mol. The number of aromatic amines is 1. The van der Waals surface area contributed by atoms with Crippen molar-refractivity contribution in [2.75, 3.05) is 6.54 Å². The summed E-state index contributed by atoms with van der Waals surface area (Å²) in [6, 6.07) is 10.5. The lowest BCUT2D eigenvalue weighted by molar-refractivity contribution is -0.200. The first-order chi connectivity index (χ1) is 23.4. The molecule has 1 unspecified atom stereocenters. The van der Waals surface area contributed by atoms with E-state index in [0.29, 0.717) is 46.8 Å². The molecule has 5 nitrogen and oxygen atoms in total. The Kier molecular flexibility index (Phi) is 9.45. The highest BCUT2D eigenvalue weighted by Crippen LogP contribution is 2.74. The summed E-state index contributed by atoms with van der Waals surface area (Å²) < 4.78 is 0. The quantitative estimate of drug-likeness (QED) is 0.279. The molecule has 10 atom stereocenters. The number of imidazole rings is 1. The molecule has 270 valence electrons. The number of nitrogens with zero attached hydrogens (tertiary/aromatic N) is 2. The summed E-state index contributed by atoms with van der Waals surface area (Å²) in [4.78, 5) is 26.1. The third-order valence-electron chi connectivity index (χ3n) is 16.5. The van der Waals surface area contributed by atoms with Gasteiger partial charge in [0.05, 0.1) is 29.5 Å². The van der Waals surface area contributed by atoms with Crippen LogP contribution in [0.15, 0.2) is 36.5 Å². The van der Waals surface area contributed by atoms with Crippen LogP contribution in [0, 0.1) is 57.2 Å². The van der Waals surface area contributed by atoms with Gasteiger partial charge in [0.15, 0.2) is 0 Å². The third-order valence-corrected chi connectivity index (χ3v) is 16.5. The summed E-state index contributed by atoms with van der Waals surface area (Å²) in [5, 5.41) is 11.3. The highest BCUT2D eigenvalue weighted by molar-refractivity contribution is 5.84. The van der Waals surface area contributed by atoms with Gasteiger partial charge in [-0.05, 0) is 134 Å². The second-order valence-electron chi connectivity index (χ2n) is 19.0. The summed E-state index contributed by atoms with van der Waals surface area (Å²) in [5.41, 5.74) is 2.48. The first-order valence-electron chi connectivity index (χ1n) is 20.5. The van der Waals surface area contributed by atoms with Gasteiger partial charge >= 0.3 is 0 Å². The molecule has 1 aromatic carbocycles. The molecule has 2 heterocycles. The number of H-pyrrole nitrogens is 1. The molecule has 2 aromatic rings. The molecule has 5 aliphatic rings. The van der Waals surface area contributed by atoms with Crippen molar-refractivity contribution in [1.82, 2.24) is 14.9 Å². The molecule has 7 rings (SSSR count). The number of hydrogen-bond acceptors (Lipinski definition) is 3. The van der Waals surface area contributed by atoms with Gasteiger partial charge in [-0.1, -0.05) is 91.6 Å². The van der Waals surface area contributed by atoms with E-state index in [2.05, 4.69) is 88.7 Å². The minimum atomic E-state index is -0.234. The van der Waals surface area contributed by atoms with E-state index in [1.807, 2.05) is 6.20 Å². The summed E-state index contributed by atoms with van der Waals surface area (Å²) >= 11 is 0. The number of unbranched alkanes of at least 4 members (excludes halogenated alkanes) is 1. The van der Waals surface area contributed by atoms with Gasteiger partial charge in [0, 0.05) is 6.54 Å². The van der Waals surface area contributed by atoms with Crippen LogP contribution < -0.4 is 0 Å². The molecule has 2 N–H and O–H groups in total. The molecular formula is C44H67N3O2. The molecule has 1 amide bonds. The number of amides is 1. The monoisotopic (exact) mass is 670 g/mol. The van der Waals surface area contributed by atoms with E-state index in [-0.39, 0.29) is 28.4 Å². The molecule has 4 aliphatic carbocycles. The lowest BCUT2D eigenvalue weighted by Gasteiger charge is -2.68. The first kappa shape index (κ1) is 35.3. The number of hydrogen-bond donors (Lipinski definition) is 2. The van der Waals surface area contributed by atoms with E-state index < -0.39 is 0 Å². The van der Waals surface area contributed by atoms with E-state index in [4.69, 9.17) is 4.98 Å². The zero-order valence-corrected chi connectivity index (χ0v) is 31.9. The van der Waals surface area contributed by atoms with Crippen LogP contribution in [0.3, 0.4) is 0 Å². The number of carbonyl (C=O) groups is 1. The Balaban J connectivity index is 1.15. The number of aliphatic hydroxyl groups is 1. The molecule has 49 heavy (non-hydrogen) atoms. The number of aromatic nitrogens is 2. The number of rotatable bonds is 9. The van der Waals surface area contributed by atoms with Crippen molar-refractivity contribution in [3.63, 3.8) is 0 Å². The second kappa shape index (κ2) is 13.1. The molecule has 1 saturated heterocycles. The predicted molar refractivity (Wildman–Crippen MR) is 200 cm³/mol. The van der Waals surface area contributed by atoms with Gasteiger partial charge in [0.25, 0.3) is 0 Å². The van der Waals surface area contributed by atoms with Crippen LogP contribution in [0.2, 0.25) is 0 Å². The number of benzene rings is 1. The molecule has 0 spiro atoms. The molecule has 0 radical (unpaired) electrons. The van der Waals surface area contributed by atoms with Crippen molar-refractivity contribution in [3.05, 3.63) is 42.4 Å². The summed E-state index contributed by atoms with van der Waals surface area (Å²) in [5.74, 6) is 5.02. The highest BCUT2D eigenvalue weighted by atomic mass is 16.3. The normalized spacial score (nSPS) is 38.3. The van der Waals surface area contributed by atoms with Gasteiger partial charge in [-0.15, -0.1) is 0 Å². The first-order valence-corrected chi connectivity index (χ1v) is 20.5. The summed E-state index contributed by atoms with van der Waals surface area (Å²) in [7, 11) is 0. The van der Waals surface area contributed by atoms with E-state index in [1.165, 1.54) is 44.9 Å². The number of fused-ring (bicyclic) bond motifs is 5. The van der Waals surface area contributed by atoms with Crippen LogP contribution >= 0.6 is 0 Å². The number of aliphatic hydroxyl groups excluding tert-OH is 1. The lowest BCUT2D eigenvalue weighted by Crippen LogP contribution is -2.63. The van der Waals surface area contributed by atoms with Gasteiger partial charge in [-0.25, -0.2) is 4.98 Å². The van der Waals surface area contributed by atoms with Gasteiger partial charge in [-0.2, -0.15) is 0 Å². The maximum Gasteiger partial charge on any atom is 0.229 e. The van der Waals surface area contributed by atoms with Crippen molar-refractivity contribution >= 4 is 5.91 Å². The minimum Gasteiger partial charge on any atom is -0.393 e. The Morgan fingerprint density at radius 1 is 1.02 bits per heavy atom. The van der Waals surface area contributed by atoms with E-state index in [9.17, 15) is 5.11 Å². The predicted octanol–water partition coefficient (Wildman–Crippen LogP) is 10.6. The fourth-order valence-electron chi connectivity index (χ4n) is 13.1. The lowest BCUT2D eigenvalue weighted by atomic mass is 9.37. The zero-order valence-electron chi connectivity index (χ0n) is 31.9. The van der Waals surface area contributed by atoms with Crippen LogP contribution in [0.1, 0.15) is 150 Å². The van der Waals surface area contributed by atoms with Crippen LogP contribution in [0.5, 0.6) is 0 Å². The standard InChI is InChI=1S/C44H67N3O2/c1-8-9-17-37(48)41(4,5)31-20-22-42(6)32(27-31)18-19-34-38-33(29(2)3)21-23-44(38,25-24-43(34,42)7)40(49)47-26-13-16-36(47)39-45-28-35(46-39)30-14-11-10-12-15-30/h10-12,14-15,28-29,31-34,36-38,48H,8-9,13,16-27H2,1-7H3,(H,45,46)/t31-,32-,33+,34-,36?,37+,38-,42-,43-,44+/m1/s1. The number of nitrogens with one attached hydrogen (secondary N) is 1. The van der Waals surface area contributed by atoms with Gasteiger partial charge in [0.1, 0.15) is 5.82 Å². The van der Waals surface area contributed by atoms with Gasteiger partial charge in [-0.3, -0.25) is 4.79 Å². The van der Waals surface area contributed by atoms with Gasteiger partial charge < -0.3 is 15.0 Å². The largest absolute Gasteiger partial charge is 0.393 e. The summed E-state index contributed by atoms with van der Waals surface area (Å²) in [6.45, 7) is 18.0. The highest BCUT2D eigenvalue weighted by Gasteiger charge is 2.69. The Morgan fingerprint density at radius 3 is 2.53 bits per heavy atom. The molecule has 5 heteroatoms. The maximum atomic E-state index is 15.3. The Hall–Kier alpha value is -2.14. The second-order valence-corrected chi connectivity index (χ2v) is 19.0. The molecule has 1 aromatic heterocycles. The van der Waals surface area contributed by atoms with E-state index in [1.54, 1.807) is 0 Å². The Labute approximate surface area is 297 Å². The van der Waals surface area contributed by atoms with Crippen molar-refractivity contribution in [3.8, 4) is 11.3 Å². The number of carbonyl (C=O) groups excluding carboxylic acids is 1. The molecule has 0 bridgehead atoms. The number of likely N-dealkylation sites (tertiary alicyclic amines) is 1. The topological polar surface area (TPSA) is 69.2 Å². The minimum absolute atomic E-state index is 0.0291. The molecule has 1 aliphatic heterocycles. The SMILES string of the molecule is CCCC[C@H](O)C(C)(C)[C@@H]1CC[C@]2(C)[C@H](CC[C@@H]3[C@H]4[C@H](C(C)C)CC[C@]4(C(=O)N4CCCC4c4ncc(-c5ccccc5)[nH]4)CC[C@]32C)C1. The van der Waals surface area contributed by atoms with Crippen molar-refractivity contribution in [2.24, 2.45) is 57.2 Å². The summed E-state index contributed by atoms with van der Waals surface area (Å²) in [6.07, 6.45) is 17.8. The fourth-order valence-corrected chi connectivity index (χ4v) is 13.1. The average Bonchev–Trinajstić information content (AvgIpc) is 3.86. The van der Waals surface area contributed by atoms with Crippen molar-refractivity contribution in [1.29, 1.82) is 0 Å². The fraction of sp³-hybridized carbons (Fsp3) is 0.773. The van der Waals surface area contributed by atoms with Crippen LogP contribution in [0.25, 0.3) is 11.3 Å². The van der Waals surface area contributed by atoms with Crippen LogP contribution in [-0.2, 0) is 4.79 Å². The van der Waals surface area contributed by atoms with E-state index >= 15 is 4.79 Å². The van der Waals surface area contributed by atoms with Crippen molar-refractivity contribution < 1.29 is 9.90 Å².